The van der Waals surface area contributed by atoms with Crippen LogP contribution in [0, 0.1) is 6.92 Å². The number of rotatable bonds is 4. The minimum Gasteiger partial charge on any atom is -0.508 e. The highest BCUT2D eigenvalue weighted by Crippen LogP contribution is 2.39. The van der Waals surface area contributed by atoms with Gasteiger partial charge in [0.2, 0.25) is 0 Å². The van der Waals surface area contributed by atoms with Crippen LogP contribution in [0.1, 0.15) is 12.0 Å². The first-order valence-corrected chi connectivity index (χ1v) is 12.7. The van der Waals surface area contributed by atoms with E-state index in [0.29, 0.717) is 12.1 Å². The third-order valence-corrected chi connectivity index (χ3v) is 7.94. The van der Waals surface area contributed by atoms with Crippen molar-refractivity contribution in [1.82, 2.24) is 24.5 Å². The second kappa shape index (κ2) is 8.42. The summed E-state index contributed by atoms with van der Waals surface area (Å²) in [6.45, 7) is 4.41. The van der Waals surface area contributed by atoms with E-state index in [0.717, 1.165) is 52.4 Å². The van der Waals surface area contributed by atoms with E-state index >= 15 is 0 Å². The molecule has 2 aliphatic rings. The van der Waals surface area contributed by atoms with Gasteiger partial charge in [0, 0.05) is 60.6 Å². The van der Waals surface area contributed by atoms with Crippen LogP contribution >= 0.6 is 0 Å². The first kappa shape index (κ1) is 22.0. The van der Waals surface area contributed by atoms with Gasteiger partial charge in [-0.3, -0.25) is 9.88 Å². The maximum atomic E-state index is 10.2. The monoisotopic (exact) mass is 488 g/mol. The number of aromatic hydroxyl groups is 1. The molecule has 7 heteroatoms. The number of piperazine rings is 1. The number of likely N-dealkylation sites (N-methyl/N-ethyl adjacent to an activating group) is 1. The van der Waals surface area contributed by atoms with Crippen molar-refractivity contribution in [3.63, 3.8) is 0 Å². The summed E-state index contributed by atoms with van der Waals surface area (Å²) in [6, 6.07) is 21.2. The Morgan fingerprint density at radius 2 is 1.76 bits per heavy atom. The summed E-state index contributed by atoms with van der Waals surface area (Å²) in [6.07, 6.45) is 6.64. The van der Waals surface area contributed by atoms with Gasteiger partial charge in [0.25, 0.3) is 0 Å². The molecule has 7 rings (SSSR count). The number of benzene rings is 2. The molecule has 2 aliphatic heterocycles. The second-order valence-corrected chi connectivity index (χ2v) is 10.2. The molecule has 2 bridgehead atoms. The number of likely N-dealkylation sites (tertiary alicyclic amines) is 1. The van der Waals surface area contributed by atoms with Crippen molar-refractivity contribution in [2.75, 3.05) is 25.0 Å². The number of phenolic OH excluding ortho intramolecular Hbond substituents is 1. The van der Waals surface area contributed by atoms with E-state index in [1.54, 1.807) is 24.5 Å². The average molecular weight is 489 g/mol. The Balaban J connectivity index is 1.37. The zero-order valence-electron chi connectivity index (χ0n) is 20.9. The molecule has 0 spiro atoms. The van der Waals surface area contributed by atoms with E-state index in [1.165, 1.54) is 17.7 Å². The van der Waals surface area contributed by atoms with Gasteiger partial charge in [-0.1, -0.05) is 18.2 Å². The van der Waals surface area contributed by atoms with Crippen molar-refractivity contribution in [3.8, 4) is 39.4 Å². The predicted octanol–water partition coefficient (Wildman–Crippen LogP) is 5.03. The molecule has 0 aliphatic carbocycles. The summed E-state index contributed by atoms with van der Waals surface area (Å²) in [5, 5.41) is 15.3. The molecular weight excluding hydrogens is 460 g/mol. The highest BCUT2D eigenvalue weighted by atomic mass is 16.3. The standard InChI is InChI=1S/C30H28N6O/c1-19-14-22(35-18-23-16-24(35)17-34(23)2)6-7-26(19)27-10-13-32-30-28(21-4-3-5-25(37)15-21)29(33-36(27)30)20-8-11-31-12-9-20/h3-15,23-24,37H,16-18H2,1-2H3. The highest BCUT2D eigenvalue weighted by molar-refractivity contribution is 5.91. The van der Waals surface area contributed by atoms with E-state index in [4.69, 9.17) is 10.1 Å². The van der Waals surface area contributed by atoms with Crippen LogP contribution in [-0.4, -0.2) is 61.8 Å². The summed E-state index contributed by atoms with van der Waals surface area (Å²) >= 11 is 0. The summed E-state index contributed by atoms with van der Waals surface area (Å²) in [5.41, 5.74) is 8.88. The average Bonchev–Trinajstić information content (AvgIpc) is 3.61. The fraction of sp³-hybridized carbons (Fsp3) is 0.233. The number of pyridine rings is 1. The normalized spacial score (nSPS) is 19.2. The van der Waals surface area contributed by atoms with E-state index in [-0.39, 0.29) is 5.75 Å². The van der Waals surface area contributed by atoms with Crippen LogP contribution in [0.15, 0.2) is 79.3 Å². The minimum atomic E-state index is 0.210. The van der Waals surface area contributed by atoms with Crippen molar-refractivity contribution >= 4 is 11.3 Å². The number of aryl methyl sites for hydroxylation is 1. The molecule has 0 saturated carbocycles. The predicted molar refractivity (Wildman–Crippen MR) is 146 cm³/mol. The Labute approximate surface area is 215 Å². The van der Waals surface area contributed by atoms with Gasteiger partial charge in [0.1, 0.15) is 11.4 Å². The van der Waals surface area contributed by atoms with E-state index in [2.05, 4.69) is 47.0 Å². The van der Waals surface area contributed by atoms with Gasteiger partial charge >= 0.3 is 0 Å². The molecular formula is C30H28N6O. The quantitative estimate of drug-likeness (QED) is 0.383. The largest absolute Gasteiger partial charge is 0.508 e. The highest BCUT2D eigenvalue weighted by Gasteiger charge is 2.41. The Bertz CT molecular complexity index is 1630. The summed E-state index contributed by atoms with van der Waals surface area (Å²) in [7, 11) is 2.24. The van der Waals surface area contributed by atoms with Crippen molar-refractivity contribution in [2.24, 2.45) is 0 Å². The molecule has 3 aromatic heterocycles. The number of nitrogens with zero attached hydrogens (tertiary/aromatic N) is 6. The first-order valence-electron chi connectivity index (χ1n) is 12.7. The van der Waals surface area contributed by atoms with Crippen molar-refractivity contribution in [3.05, 3.63) is 84.8 Å². The van der Waals surface area contributed by atoms with Crippen LogP contribution in [0.2, 0.25) is 0 Å². The van der Waals surface area contributed by atoms with Crippen LogP contribution in [0.5, 0.6) is 5.75 Å². The molecule has 2 unspecified atom stereocenters. The Morgan fingerprint density at radius 3 is 2.49 bits per heavy atom. The number of hydrogen-bond acceptors (Lipinski definition) is 6. The van der Waals surface area contributed by atoms with E-state index in [9.17, 15) is 5.11 Å². The summed E-state index contributed by atoms with van der Waals surface area (Å²) < 4.78 is 1.93. The van der Waals surface area contributed by atoms with Crippen LogP contribution < -0.4 is 4.90 Å². The third kappa shape index (κ3) is 3.57. The summed E-state index contributed by atoms with van der Waals surface area (Å²) in [4.78, 5) is 14.0. The lowest BCUT2D eigenvalue weighted by atomic mass is 10.0. The van der Waals surface area contributed by atoms with Gasteiger partial charge in [-0.25, -0.2) is 9.50 Å². The topological polar surface area (TPSA) is 69.8 Å². The lowest BCUT2D eigenvalue weighted by molar-refractivity contribution is 0.292. The molecule has 0 amide bonds. The molecule has 0 radical (unpaired) electrons. The zero-order valence-corrected chi connectivity index (χ0v) is 20.9. The first-order chi connectivity index (χ1) is 18.1. The van der Waals surface area contributed by atoms with Crippen molar-refractivity contribution < 1.29 is 5.11 Å². The van der Waals surface area contributed by atoms with Gasteiger partial charge in [-0.2, -0.15) is 5.10 Å². The fourth-order valence-electron chi connectivity index (χ4n) is 6.08. The lowest BCUT2D eigenvalue weighted by Crippen LogP contribution is -2.44. The maximum Gasteiger partial charge on any atom is 0.164 e. The van der Waals surface area contributed by atoms with Gasteiger partial charge in [-0.15, -0.1) is 0 Å². The van der Waals surface area contributed by atoms with Crippen LogP contribution in [0.4, 0.5) is 5.69 Å². The van der Waals surface area contributed by atoms with Crippen LogP contribution in [0.3, 0.4) is 0 Å². The number of hydrogen-bond donors (Lipinski definition) is 1. The van der Waals surface area contributed by atoms with Crippen molar-refractivity contribution in [1.29, 1.82) is 0 Å². The van der Waals surface area contributed by atoms with Gasteiger partial charge in [0.05, 0.1) is 11.3 Å². The molecule has 5 heterocycles. The molecule has 184 valence electrons. The van der Waals surface area contributed by atoms with E-state index in [1.807, 2.05) is 41.0 Å². The molecule has 2 aromatic carbocycles. The number of anilines is 1. The number of fused-ring (bicyclic) bond motifs is 3. The fourth-order valence-corrected chi connectivity index (χ4v) is 6.08. The van der Waals surface area contributed by atoms with Crippen LogP contribution in [-0.2, 0) is 0 Å². The number of aromatic nitrogens is 4. The second-order valence-electron chi connectivity index (χ2n) is 10.2. The smallest absolute Gasteiger partial charge is 0.164 e. The lowest BCUT2D eigenvalue weighted by Gasteiger charge is -2.34. The number of phenols is 1. The Kier molecular flexibility index (Phi) is 5.01. The molecule has 7 nitrogen and oxygen atoms in total. The van der Waals surface area contributed by atoms with Gasteiger partial charge in [0.15, 0.2) is 5.65 Å². The van der Waals surface area contributed by atoms with Gasteiger partial charge < -0.3 is 10.0 Å². The van der Waals surface area contributed by atoms with E-state index < -0.39 is 0 Å². The Hall–Kier alpha value is -4.23. The molecule has 2 atom stereocenters. The molecule has 1 N–H and O–H groups in total. The molecule has 2 saturated heterocycles. The zero-order chi connectivity index (χ0) is 25.1. The van der Waals surface area contributed by atoms with Crippen LogP contribution in [0.25, 0.3) is 39.3 Å². The summed E-state index contributed by atoms with van der Waals surface area (Å²) in [5.74, 6) is 0.210. The maximum absolute atomic E-state index is 10.2. The van der Waals surface area contributed by atoms with Gasteiger partial charge in [-0.05, 0) is 74.0 Å². The Morgan fingerprint density at radius 1 is 0.892 bits per heavy atom. The molecule has 2 fully saturated rings. The SMILES string of the molecule is Cc1cc(N2CC3CC2CN3C)ccc1-c1ccnc2c(-c3cccc(O)c3)c(-c3ccncc3)nn12. The third-order valence-electron chi connectivity index (χ3n) is 7.94. The minimum absolute atomic E-state index is 0.210. The van der Waals surface area contributed by atoms with Crippen molar-refractivity contribution in [2.45, 2.75) is 25.4 Å². The molecule has 37 heavy (non-hydrogen) atoms. The molecule has 5 aromatic rings.